The number of hydrogen-bond acceptors (Lipinski definition) is 1. The molecule has 0 heterocycles. The molecule has 0 aromatic carbocycles. The van der Waals surface area contributed by atoms with Gasteiger partial charge < -0.3 is 0 Å². The van der Waals surface area contributed by atoms with Gasteiger partial charge in [0.25, 0.3) is 0 Å². The molecular weight excluding hydrogens is 136 g/mol. The van der Waals surface area contributed by atoms with Gasteiger partial charge in [-0.2, -0.15) is 0 Å². The third-order valence-electron chi connectivity index (χ3n) is 1.51. The minimum Gasteiger partial charge on any atom is -0.285 e. The fraction of sp³-hybridized carbons (Fsp3) is 0.700. The highest BCUT2D eigenvalue weighted by Gasteiger charge is 2.28. The Balaban J connectivity index is 2.48. The molecule has 1 saturated carbocycles. The van der Waals surface area contributed by atoms with Crippen molar-refractivity contribution in [1.29, 1.82) is 0 Å². The SMILES string of the molecule is CC(C)(C)C#CC(=O)C1CC1. The van der Waals surface area contributed by atoms with Crippen LogP contribution in [0.3, 0.4) is 0 Å². The van der Waals surface area contributed by atoms with Crippen molar-refractivity contribution in [3.63, 3.8) is 0 Å². The Morgan fingerprint density at radius 2 is 1.91 bits per heavy atom. The largest absolute Gasteiger partial charge is 0.285 e. The average Bonchev–Trinajstić information content (AvgIpc) is 2.61. The number of rotatable bonds is 1. The lowest BCUT2D eigenvalue weighted by molar-refractivity contribution is -0.114. The van der Waals surface area contributed by atoms with E-state index in [2.05, 4.69) is 11.8 Å². The molecule has 0 saturated heterocycles. The monoisotopic (exact) mass is 150 g/mol. The van der Waals surface area contributed by atoms with Crippen molar-refractivity contribution in [1.82, 2.24) is 0 Å². The fourth-order valence-corrected chi connectivity index (χ4v) is 0.697. The van der Waals surface area contributed by atoms with Gasteiger partial charge >= 0.3 is 0 Å². The molecule has 0 spiro atoms. The maximum Gasteiger partial charge on any atom is 0.208 e. The van der Waals surface area contributed by atoms with Crippen LogP contribution >= 0.6 is 0 Å². The quantitative estimate of drug-likeness (QED) is 0.413. The van der Waals surface area contributed by atoms with Crippen molar-refractivity contribution in [3.8, 4) is 11.8 Å². The smallest absolute Gasteiger partial charge is 0.208 e. The molecule has 60 valence electrons. The molecule has 0 atom stereocenters. The number of hydrogen-bond donors (Lipinski definition) is 0. The van der Waals surface area contributed by atoms with Crippen molar-refractivity contribution < 1.29 is 4.79 Å². The Kier molecular flexibility index (Phi) is 2.04. The summed E-state index contributed by atoms with van der Waals surface area (Å²) in [7, 11) is 0. The van der Waals surface area contributed by atoms with Crippen LogP contribution in [0.5, 0.6) is 0 Å². The van der Waals surface area contributed by atoms with E-state index < -0.39 is 0 Å². The highest BCUT2D eigenvalue weighted by molar-refractivity contribution is 5.98. The van der Waals surface area contributed by atoms with E-state index in [0.29, 0.717) is 0 Å². The average molecular weight is 150 g/mol. The van der Waals surface area contributed by atoms with Gasteiger partial charge in [0.15, 0.2) is 0 Å². The topological polar surface area (TPSA) is 17.1 Å². The molecule has 0 amide bonds. The summed E-state index contributed by atoms with van der Waals surface area (Å²) >= 11 is 0. The lowest BCUT2D eigenvalue weighted by Gasteiger charge is -2.06. The number of carbonyl (C=O) groups is 1. The second kappa shape index (κ2) is 2.70. The summed E-state index contributed by atoms with van der Waals surface area (Å²) in [6, 6.07) is 0. The van der Waals surface area contributed by atoms with Crippen LogP contribution in [0.1, 0.15) is 33.6 Å². The second-order valence-corrected chi connectivity index (χ2v) is 4.14. The molecule has 1 nitrogen and oxygen atoms in total. The lowest BCUT2D eigenvalue weighted by atomic mass is 9.97. The first kappa shape index (κ1) is 8.33. The first-order valence-electron chi connectivity index (χ1n) is 4.06. The van der Waals surface area contributed by atoms with E-state index in [-0.39, 0.29) is 17.1 Å². The molecule has 0 aromatic rings. The summed E-state index contributed by atoms with van der Waals surface area (Å²) in [5.74, 6) is 6.06. The Hall–Kier alpha value is -0.770. The zero-order chi connectivity index (χ0) is 8.48. The van der Waals surface area contributed by atoms with Gasteiger partial charge in [-0.3, -0.25) is 4.79 Å². The third-order valence-corrected chi connectivity index (χ3v) is 1.51. The van der Waals surface area contributed by atoms with Gasteiger partial charge in [0, 0.05) is 11.3 Å². The highest BCUT2D eigenvalue weighted by atomic mass is 16.1. The zero-order valence-corrected chi connectivity index (χ0v) is 7.40. The molecule has 0 radical (unpaired) electrons. The van der Waals surface area contributed by atoms with Crippen LogP contribution in [0.4, 0.5) is 0 Å². The summed E-state index contributed by atoms with van der Waals surface area (Å²) in [4.78, 5) is 11.1. The van der Waals surface area contributed by atoms with Gasteiger partial charge in [-0.05, 0) is 39.5 Å². The summed E-state index contributed by atoms with van der Waals surface area (Å²) in [6.45, 7) is 6.04. The minimum atomic E-state index is -0.0372. The van der Waals surface area contributed by atoms with Gasteiger partial charge in [-0.15, -0.1) is 0 Å². The van der Waals surface area contributed by atoms with Crippen molar-refractivity contribution in [2.45, 2.75) is 33.6 Å². The van der Waals surface area contributed by atoms with Gasteiger partial charge in [-0.1, -0.05) is 5.92 Å². The normalized spacial score (nSPS) is 17.0. The summed E-state index contributed by atoms with van der Waals surface area (Å²) in [6.07, 6.45) is 2.11. The van der Waals surface area contributed by atoms with E-state index in [1.54, 1.807) is 0 Å². The molecule has 11 heavy (non-hydrogen) atoms. The van der Waals surface area contributed by atoms with Crippen molar-refractivity contribution >= 4 is 5.78 Å². The van der Waals surface area contributed by atoms with Crippen LogP contribution in [0, 0.1) is 23.2 Å². The molecule has 1 aliphatic rings. The molecule has 0 unspecified atom stereocenters. The Morgan fingerprint density at radius 1 is 1.36 bits per heavy atom. The van der Waals surface area contributed by atoms with E-state index in [1.807, 2.05) is 20.8 Å². The van der Waals surface area contributed by atoms with Crippen molar-refractivity contribution in [2.24, 2.45) is 11.3 Å². The Labute approximate surface area is 68.2 Å². The molecule has 1 aliphatic carbocycles. The summed E-state index contributed by atoms with van der Waals surface area (Å²) in [5, 5.41) is 0. The maximum atomic E-state index is 11.1. The van der Waals surface area contributed by atoms with E-state index in [0.717, 1.165) is 12.8 Å². The molecule has 0 aromatic heterocycles. The molecule has 0 bridgehead atoms. The number of carbonyl (C=O) groups excluding carboxylic acids is 1. The van der Waals surface area contributed by atoms with Gasteiger partial charge in [0.2, 0.25) is 5.78 Å². The Morgan fingerprint density at radius 3 is 2.27 bits per heavy atom. The number of ketones is 1. The van der Waals surface area contributed by atoms with E-state index in [9.17, 15) is 4.79 Å². The maximum absolute atomic E-state index is 11.1. The third kappa shape index (κ3) is 3.23. The second-order valence-electron chi connectivity index (χ2n) is 4.14. The molecule has 0 N–H and O–H groups in total. The van der Waals surface area contributed by atoms with Gasteiger partial charge in [-0.25, -0.2) is 0 Å². The summed E-state index contributed by atoms with van der Waals surface area (Å²) in [5.41, 5.74) is -0.0372. The molecule has 1 fully saturated rings. The predicted octanol–water partition coefficient (Wildman–Crippen LogP) is 2.01. The number of Topliss-reactive ketones (excluding diaryl/α,β-unsaturated/α-hetero) is 1. The first-order valence-corrected chi connectivity index (χ1v) is 4.06. The van der Waals surface area contributed by atoms with Crippen LogP contribution in [-0.4, -0.2) is 5.78 Å². The van der Waals surface area contributed by atoms with Crippen molar-refractivity contribution in [2.75, 3.05) is 0 Å². The zero-order valence-electron chi connectivity index (χ0n) is 7.40. The summed E-state index contributed by atoms with van der Waals surface area (Å²) < 4.78 is 0. The van der Waals surface area contributed by atoms with Crippen LogP contribution < -0.4 is 0 Å². The molecular formula is C10H14O. The van der Waals surface area contributed by atoms with E-state index in [1.165, 1.54) is 0 Å². The van der Waals surface area contributed by atoms with E-state index in [4.69, 9.17) is 0 Å². The van der Waals surface area contributed by atoms with Gasteiger partial charge in [0.1, 0.15) is 0 Å². The fourth-order valence-electron chi connectivity index (χ4n) is 0.697. The Bertz CT molecular complexity index is 217. The highest BCUT2D eigenvalue weighted by Crippen LogP contribution is 2.29. The lowest BCUT2D eigenvalue weighted by Crippen LogP contribution is -2.02. The van der Waals surface area contributed by atoms with Gasteiger partial charge in [0.05, 0.1) is 0 Å². The van der Waals surface area contributed by atoms with Crippen LogP contribution in [0.25, 0.3) is 0 Å². The minimum absolute atomic E-state index is 0.0372. The van der Waals surface area contributed by atoms with Crippen LogP contribution in [0.15, 0.2) is 0 Å². The molecule has 1 rings (SSSR count). The first-order chi connectivity index (χ1) is 4.99. The molecule has 0 aliphatic heterocycles. The predicted molar refractivity (Wildman–Crippen MR) is 45.0 cm³/mol. The van der Waals surface area contributed by atoms with Crippen LogP contribution in [-0.2, 0) is 4.79 Å². The molecule has 1 heteroatoms. The van der Waals surface area contributed by atoms with Crippen LogP contribution in [0.2, 0.25) is 0 Å². The standard InChI is InChI=1S/C10H14O/c1-10(2,3)7-6-9(11)8-4-5-8/h8H,4-5H2,1-3H3. The van der Waals surface area contributed by atoms with Crippen molar-refractivity contribution in [3.05, 3.63) is 0 Å². The van der Waals surface area contributed by atoms with E-state index >= 15 is 0 Å².